The van der Waals surface area contributed by atoms with Crippen LogP contribution in [0.1, 0.15) is 0 Å². The van der Waals surface area contributed by atoms with Gasteiger partial charge in [0, 0.05) is 24.2 Å². The zero-order valence-electron chi connectivity index (χ0n) is 5.40. The van der Waals surface area contributed by atoms with Crippen molar-refractivity contribution >= 4 is 17.5 Å². The van der Waals surface area contributed by atoms with Crippen LogP contribution >= 0.6 is 11.8 Å². The third-order valence-electron chi connectivity index (χ3n) is 1.17. The maximum Gasteiger partial charge on any atom is 0.183 e. The molecule has 0 aliphatic carbocycles. The van der Waals surface area contributed by atoms with E-state index in [1.807, 2.05) is 6.07 Å². The lowest BCUT2D eigenvalue weighted by Crippen LogP contribution is -2.31. The van der Waals surface area contributed by atoms with Crippen molar-refractivity contribution in [2.45, 2.75) is 6.04 Å². The molecule has 0 spiro atoms. The molecule has 11 heavy (non-hydrogen) atoms. The van der Waals surface area contributed by atoms with Crippen LogP contribution in [0.15, 0.2) is 17.4 Å². The molecule has 0 bridgehead atoms. The molecule has 54 valence electrons. The number of nitrogens with zero attached hydrogens (tertiary/aromatic N) is 4. The van der Waals surface area contributed by atoms with Gasteiger partial charge < -0.3 is 0 Å². The summed E-state index contributed by atoms with van der Waals surface area (Å²) in [6.07, 6.45) is 2.80. The predicted molar refractivity (Wildman–Crippen MR) is 39.3 cm³/mol. The van der Waals surface area contributed by atoms with Crippen LogP contribution in [0.2, 0.25) is 0 Å². The minimum Gasteiger partial charge on any atom is -0.267 e. The van der Waals surface area contributed by atoms with E-state index in [4.69, 9.17) is 22.3 Å². The lowest BCUT2D eigenvalue weighted by molar-refractivity contribution is 0.606. The number of hydrogen-bond donors (Lipinski definition) is 0. The smallest absolute Gasteiger partial charge is 0.183 e. The van der Waals surface area contributed by atoms with Gasteiger partial charge in [0.15, 0.2) is 11.8 Å². The Balaban J connectivity index is 2.95. The second kappa shape index (κ2) is 3.05. The normalized spacial score (nSPS) is 21.9. The zero-order valence-corrected chi connectivity index (χ0v) is 6.15. The number of aliphatic imine (C=N–C) groups is 1. The first-order valence-corrected chi connectivity index (χ1v) is 3.11. The van der Waals surface area contributed by atoms with Gasteiger partial charge in [-0.15, -0.1) is 0 Å². The minimum absolute atomic E-state index is 0.116. The maximum absolute atomic E-state index is 8.52. The number of halogens is 1. The van der Waals surface area contributed by atoms with Crippen molar-refractivity contribution in [2.24, 2.45) is 4.99 Å². The highest BCUT2D eigenvalue weighted by atomic mass is 35.5. The number of nitriles is 2. The second-order valence-corrected chi connectivity index (χ2v) is 2.19. The van der Waals surface area contributed by atoms with Gasteiger partial charge in [0.1, 0.15) is 6.07 Å². The lowest BCUT2D eigenvalue weighted by Gasteiger charge is -2.17. The average molecular weight is 167 g/mol. The first-order valence-electron chi connectivity index (χ1n) is 2.78. The van der Waals surface area contributed by atoms with E-state index in [9.17, 15) is 0 Å². The molecule has 1 atom stereocenters. The van der Waals surface area contributed by atoms with Gasteiger partial charge in [0.25, 0.3) is 0 Å². The van der Waals surface area contributed by atoms with Crippen molar-refractivity contribution in [3.63, 3.8) is 0 Å². The van der Waals surface area contributed by atoms with E-state index in [1.165, 1.54) is 12.4 Å². The summed E-state index contributed by atoms with van der Waals surface area (Å²) in [5.41, 5.74) is 0.116. The topological polar surface area (TPSA) is 63.2 Å². The molecule has 0 radical (unpaired) electrons. The largest absolute Gasteiger partial charge is 0.267 e. The van der Waals surface area contributed by atoms with Crippen LogP contribution in [-0.4, -0.2) is 16.2 Å². The highest BCUT2D eigenvalue weighted by molar-refractivity contribution is 6.18. The van der Waals surface area contributed by atoms with E-state index in [0.717, 1.165) is 4.42 Å². The summed E-state index contributed by atoms with van der Waals surface area (Å²) in [4.78, 5) is 3.68. The first kappa shape index (κ1) is 7.59. The Bertz CT molecular complexity index is 293. The molecule has 0 saturated carbocycles. The number of rotatable bonds is 0. The van der Waals surface area contributed by atoms with E-state index < -0.39 is 6.04 Å². The standard InChI is InChI=1S/C6H3ClN4/c7-11-2-1-10-5(3-8)6(11)4-9/h1-2,6H. The summed E-state index contributed by atoms with van der Waals surface area (Å²) >= 11 is 5.55. The van der Waals surface area contributed by atoms with Gasteiger partial charge in [-0.2, -0.15) is 10.5 Å². The summed E-state index contributed by atoms with van der Waals surface area (Å²) in [7, 11) is 0. The Labute approximate surface area is 68.7 Å². The quantitative estimate of drug-likeness (QED) is 0.500. The van der Waals surface area contributed by atoms with E-state index in [0.29, 0.717) is 0 Å². The van der Waals surface area contributed by atoms with E-state index in [2.05, 4.69) is 4.99 Å². The fourth-order valence-electron chi connectivity index (χ4n) is 0.657. The summed E-state index contributed by atoms with van der Waals surface area (Å²) < 4.78 is 1.12. The molecular formula is C6H3ClN4. The average Bonchev–Trinajstić information content (AvgIpc) is 2.04. The molecule has 0 fully saturated rings. The SMILES string of the molecule is N#CC1=NC=CN(Cl)C1C#N. The monoisotopic (exact) mass is 166 g/mol. The van der Waals surface area contributed by atoms with Crippen LogP contribution < -0.4 is 0 Å². The summed E-state index contributed by atoms with van der Waals surface area (Å²) in [6.45, 7) is 0. The van der Waals surface area contributed by atoms with Crippen LogP contribution in [0.3, 0.4) is 0 Å². The van der Waals surface area contributed by atoms with E-state index in [-0.39, 0.29) is 5.71 Å². The molecule has 1 aliphatic heterocycles. The van der Waals surface area contributed by atoms with Crippen molar-refractivity contribution in [3.8, 4) is 12.1 Å². The van der Waals surface area contributed by atoms with Crippen LogP contribution in [-0.2, 0) is 0 Å². The van der Waals surface area contributed by atoms with Crippen LogP contribution in [0.5, 0.6) is 0 Å². The van der Waals surface area contributed by atoms with Crippen molar-refractivity contribution in [1.29, 1.82) is 10.5 Å². The van der Waals surface area contributed by atoms with E-state index in [1.54, 1.807) is 6.07 Å². The van der Waals surface area contributed by atoms with Gasteiger partial charge in [-0.05, 0) is 0 Å². The van der Waals surface area contributed by atoms with Crippen LogP contribution in [0, 0.1) is 22.7 Å². The van der Waals surface area contributed by atoms with Gasteiger partial charge in [-0.1, -0.05) is 0 Å². The predicted octanol–water partition coefficient (Wildman–Crippen LogP) is 0.784. The Morgan fingerprint density at radius 3 is 2.82 bits per heavy atom. The summed E-state index contributed by atoms with van der Waals surface area (Å²) in [6, 6.07) is 2.87. The zero-order chi connectivity index (χ0) is 8.27. The second-order valence-electron chi connectivity index (χ2n) is 1.80. The van der Waals surface area contributed by atoms with Gasteiger partial charge in [-0.25, -0.2) is 4.99 Å². The third-order valence-corrected chi connectivity index (χ3v) is 1.47. The highest BCUT2D eigenvalue weighted by Crippen LogP contribution is 2.10. The van der Waals surface area contributed by atoms with Crippen molar-refractivity contribution < 1.29 is 0 Å². The molecule has 0 aromatic heterocycles. The molecule has 0 saturated heterocycles. The first-order chi connectivity index (χ1) is 5.29. The molecule has 5 heteroatoms. The maximum atomic E-state index is 8.52. The van der Waals surface area contributed by atoms with Crippen LogP contribution in [0.4, 0.5) is 0 Å². The third kappa shape index (κ3) is 1.31. The molecule has 4 nitrogen and oxygen atoms in total. The highest BCUT2D eigenvalue weighted by Gasteiger charge is 2.21. The Morgan fingerprint density at radius 1 is 1.64 bits per heavy atom. The summed E-state index contributed by atoms with van der Waals surface area (Å²) in [5.74, 6) is 0. The van der Waals surface area contributed by atoms with Crippen molar-refractivity contribution in [1.82, 2.24) is 4.42 Å². The fraction of sp³-hybridized carbons (Fsp3) is 0.167. The molecule has 1 unspecified atom stereocenters. The summed E-state index contributed by atoms with van der Waals surface area (Å²) in [5, 5.41) is 17.0. The molecule has 0 aromatic rings. The Morgan fingerprint density at radius 2 is 2.36 bits per heavy atom. The Kier molecular flexibility index (Phi) is 2.10. The molecular weight excluding hydrogens is 164 g/mol. The van der Waals surface area contributed by atoms with Gasteiger partial charge >= 0.3 is 0 Å². The lowest BCUT2D eigenvalue weighted by atomic mass is 10.2. The molecule has 1 heterocycles. The van der Waals surface area contributed by atoms with E-state index >= 15 is 0 Å². The molecule has 0 aromatic carbocycles. The fourth-order valence-corrected chi connectivity index (χ4v) is 0.844. The molecule has 1 aliphatic rings. The molecule has 0 amide bonds. The molecule has 1 rings (SSSR count). The number of hydrogen-bond acceptors (Lipinski definition) is 4. The Hall–Kier alpha value is -1.52. The van der Waals surface area contributed by atoms with Gasteiger partial charge in [-0.3, -0.25) is 4.42 Å². The minimum atomic E-state index is -0.758. The van der Waals surface area contributed by atoms with Gasteiger partial charge in [0.2, 0.25) is 0 Å². The van der Waals surface area contributed by atoms with Crippen molar-refractivity contribution in [3.05, 3.63) is 12.4 Å². The van der Waals surface area contributed by atoms with Crippen LogP contribution in [0.25, 0.3) is 0 Å². The van der Waals surface area contributed by atoms with Crippen molar-refractivity contribution in [2.75, 3.05) is 0 Å². The van der Waals surface area contributed by atoms with Gasteiger partial charge in [0.05, 0.1) is 6.07 Å². The molecule has 0 N–H and O–H groups in total.